The molecule has 2 aliphatic heterocycles. The van der Waals surface area contributed by atoms with E-state index in [0.29, 0.717) is 5.56 Å². The molecule has 27 heavy (non-hydrogen) atoms. The molecule has 1 aromatic carbocycles. The summed E-state index contributed by atoms with van der Waals surface area (Å²) >= 11 is 0. The molecule has 0 radical (unpaired) electrons. The van der Waals surface area contributed by atoms with Crippen LogP contribution >= 0.6 is 0 Å². The maximum Gasteiger partial charge on any atom is 0.322 e. The number of nitrogens with one attached hydrogen (secondary N) is 2. The average molecular weight is 394 g/mol. The first kappa shape index (κ1) is 19.3. The van der Waals surface area contributed by atoms with Gasteiger partial charge in [0.1, 0.15) is 6.04 Å². The normalized spacial score (nSPS) is 21.1. The minimum Gasteiger partial charge on any atom is -0.340 e. The number of rotatable bonds is 4. The highest BCUT2D eigenvalue weighted by Crippen LogP contribution is 2.22. The van der Waals surface area contributed by atoms with E-state index in [1.165, 1.54) is 9.21 Å². The molecule has 2 aliphatic rings. The van der Waals surface area contributed by atoms with Crippen LogP contribution in [0.3, 0.4) is 0 Å². The molecule has 1 aromatic rings. The van der Waals surface area contributed by atoms with Gasteiger partial charge in [-0.3, -0.25) is 14.9 Å². The molecule has 2 heterocycles. The minimum atomic E-state index is -3.63. The van der Waals surface area contributed by atoms with E-state index in [4.69, 9.17) is 0 Å². The maximum atomic E-state index is 12.9. The largest absolute Gasteiger partial charge is 0.340 e. The van der Waals surface area contributed by atoms with Crippen LogP contribution in [0.25, 0.3) is 0 Å². The number of nitrogens with zero attached hydrogens (tertiary/aromatic N) is 2. The van der Waals surface area contributed by atoms with Gasteiger partial charge in [0.05, 0.1) is 11.3 Å². The second kappa shape index (κ2) is 7.28. The summed E-state index contributed by atoms with van der Waals surface area (Å²) in [5.41, 5.74) is 1.55. The summed E-state index contributed by atoms with van der Waals surface area (Å²) in [4.78, 5) is 36.8. The second-order valence-electron chi connectivity index (χ2n) is 6.77. The Morgan fingerprint density at radius 3 is 2.41 bits per heavy atom. The third-order valence-electron chi connectivity index (χ3n) is 4.79. The lowest BCUT2D eigenvalue weighted by molar-refractivity contribution is -0.134. The Morgan fingerprint density at radius 1 is 1.15 bits per heavy atom. The molecule has 0 spiro atoms. The van der Waals surface area contributed by atoms with Crippen molar-refractivity contribution < 1.29 is 22.8 Å². The molecule has 9 nitrogen and oxygen atoms in total. The number of amides is 4. The number of carbonyl (C=O) groups is 3. The summed E-state index contributed by atoms with van der Waals surface area (Å²) in [5.74, 6) is -0.814. The van der Waals surface area contributed by atoms with E-state index < -0.39 is 28.0 Å². The smallest absolute Gasteiger partial charge is 0.322 e. The fourth-order valence-electron chi connectivity index (χ4n) is 3.21. The molecule has 0 aromatic heterocycles. The van der Waals surface area contributed by atoms with Crippen LogP contribution in [0, 0.1) is 13.8 Å². The van der Waals surface area contributed by atoms with E-state index in [9.17, 15) is 22.8 Å². The van der Waals surface area contributed by atoms with Crippen molar-refractivity contribution in [1.82, 2.24) is 19.8 Å². The topological polar surface area (TPSA) is 116 Å². The SMILES string of the molecule is Cc1ccc(C)c(S(=O)(=O)N2CCN(C(=O)CC3NC(=O)NC3=O)CC2)c1. The van der Waals surface area contributed by atoms with Crippen molar-refractivity contribution in [2.45, 2.75) is 31.2 Å². The Kier molecular flexibility index (Phi) is 5.20. The van der Waals surface area contributed by atoms with E-state index in [1.807, 2.05) is 13.0 Å². The molecule has 2 saturated heterocycles. The third-order valence-corrected chi connectivity index (χ3v) is 6.83. The first-order valence-corrected chi connectivity index (χ1v) is 10.1. The second-order valence-corrected chi connectivity index (χ2v) is 8.68. The highest BCUT2D eigenvalue weighted by molar-refractivity contribution is 7.89. The predicted molar refractivity (Wildman–Crippen MR) is 96.3 cm³/mol. The summed E-state index contributed by atoms with van der Waals surface area (Å²) < 4.78 is 27.2. The number of hydrogen-bond acceptors (Lipinski definition) is 5. The van der Waals surface area contributed by atoms with Gasteiger partial charge in [-0.25, -0.2) is 13.2 Å². The van der Waals surface area contributed by atoms with Gasteiger partial charge in [-0.2, -0.15) is 4.31 Å². The van der Waals surface area contributed by atoms with Crippen molar-refractivity contribution in [1.29, 1.82) is 0 Å². The lowest BCUT2D eigenvalue weighted by Crippen LogP contribution is -2.51. The molecule has 10 heteroatoms. The van der Waals surface area contributed by atoms with E-state index in [2.05, 4.69) is 10.6 Å². The summed E-state index contributed by atoms with van der Waals surface area (Å²) in [7, 11) is -3.63. The van der Waals surface area contributed by atoms with Crippen LogP contribution in [0.15, 0.2) is 23.1 Å². The molecule has 1 unspecified atom stereocenters. The summed E-state index contributed by atoms with van der Waals surface area (Å²) in [6.45, 7) is 4.45. The van der Waals surface area contributed by atoms with Gasteiger partial charge in [0, 0.05) is 26.2 Å². The summed E-state index contributed by atoms with van der Waals surface area (Å²) in [5, 5.41) is 4.47. The first-order chi connectivity index (χ1) is 12.7. The number of imide groups is 1. The Hall–Kier alpha value is -2.46. The molecule has 0 aliphatic carbocycles. The number of carbonyl (C=O) groups excluding carboxylic acids is 3. The summed E-state index contributed by atoms with van der Waals surface area (Å²) in [6.07, 6.45) is -0.138. The van der Waals surface area contributed by atoms with Crippen LogP contribution in [-0.2, 0) is 19.6 Å². The standard InChI is InChI=1S/C17H22N4O5S/c1-11-3-4-12(2)14(9-11)27(25,26)21-7-5-20(6-8-21)15(22)10-13-16(23)19-17(24)18-13/h3-4,9,13H,5-8,10H2,1-2H3,(H2,18,19,23,24). The van der Waals surface area contributed by atoms with E-state index in [0.717, 1.165) is 5.56 Å². The summed E-state index contributed by atoms with van der Waals surface area (Å²) in [6, 6.07) is 3.82. The zero-order valence-corrected chi connectivity index (χ0v) is 16.0. The van der Waals surface area contributed by atoms with Crippen LogP contribution in [0.4, 0.5) is 4.79 Å². The lowest BCUT2D eigenvalue weighted by Gasteiger charge is -2.34. The molecule has 1 atom stereocenters. The number of urea groups is 1. The minimum absolute atomic E-state index is 0.138. The number of aryl methyl sites for hydroxylation is 2. The predicted octanol–water partition coefficient (Wildman–Crippen LogP) is -0.266. The molecule has 4 amide bonds. The highest BCUT2D eigenvalue weighted by Gasteiger charge is 2.35. The Balaban J connectivity index is 1.63. The zero-order valence-electron chi connectivity index (χ0n) is 15.2. The quantitative estimate of drug-likeness (QED) is 0.683. The number of sulfonamides is 1. The van der Waals surface area contributed by atoms with Gasteiger partial charge in [-0.05, 0) is 31.0 Å². The molecule has 2 N–H and O–H groups in total. The van der Waals surface area contributed by atoms with Crippen molar-refractivity contribution in [2.24, 2.45) is 0 Å². The van der Waals surface area contributed by atoms with Crippen LogP contribution in [0.1, 0.15) is 17.5 Å². The van der Waals surface area contributed by atoms with Crippen LogP contribution < -0.4 is 10.6 Å². The van der Waals surface area contributed by atoms with Gasteiger partial charge in [-0.1, -0.05) is 12.1 Å². The molecule has 0 bridgehead atoms. The Labute approximate surface area is 157 Å². The Morgan fingerprint density at radius 2 is 1.81 bits per heavy atom. The fourth-order valence-corrected chi connectivity index (χ4v) is 4.94. The fraction of sp³-hybridized carbons (Fsp3) is 0.471. The first-order valence-electron chi connectivity index (χ1n) is 8.65. The van der Waals surface area contributed by atoms with Gasteiger partial charge in [0.2, 0.25) is 15.9 Å². The third kappa shape index (κ3) is 3.96. The van der Waals surface area contributed by atoms with Gasteiger partial charge in [0.15, 0.2) is 0 Å². The van der Waals surface area contributed by atoms with Crippen molar-refractivity contribution in [3.63, 3.8) is 0 Å². The molecular weight excluding hydrogens is 372 g/mol. The van der Waals surface area contributed by atoms with E-state index in [1.54, 1.807) is 19.1 Å². The van der Waals surface area contributed by atoms with Crippen molar-refractivity contribution >= 4 is 27.9 Å². The van der Waals surface area contributed by atoms with Gasteiger partial charge in [0.25, 0.3) is 5.91 Å². The van der Waals surface area contributed by atoms with Crippen LogP contribution in [0.5, 0.6) is 0 Å². The average Bonchev–Trinajstić information content (AvgIpc) is 2.94. The molecule has 146 valence electrons. The van der Waals surface area contributed by atoms with Crippen molar-refractivity contribution in [3.8, 4) is 0 Å². The van der Waals surface area contributed by atoms with Crippen molar-refractivity contribution in [3.05, 3.63) is 29.3 Å². The molecule has 2 fully saturated rings. The van der Waals surface area contributed by atoms with Crippen LogP contribution in [-0.4, -0.2) is 67.7 Å². The van der Waals surface area contributed by atoms with Gasteiger partial charge < -0.3 is 10.2 Å². The van der Waals surface area contributed by atoms with Gasteiger partial charge >= 0.3 is 6.03 Å². The van der Waals surface area contributed by atoms with E-state index >= 15 is 0 Å². The maximum absolute atomic E-state index is 12.9. The number of benzene rings is 1. The number of piperazine rings is 1. The van der Waals surface area contributed by atoms with Crippen LogP contribution in [0.2, 0.25) is 0 Å². The Bertz CT molecular complexity index is 891. The van der Waals surface area contributed by atoms with Gasteiger partial charge in [-0.15, -0.1) is 0 Å². The molecular formula is C17H22N4O5S. The highest BCUT2D eigenvalue weighted by atomic mass is 32.2. The molecule has 3 rings (SSSR count). The molecule has 0 saturated carbocycles. The number of hydrogen-bond donors (Lipinski definition) is 2. The monoisotopic (exact) mass is 394 g/mol. The van der Waals surface area contributed by atoms with Crippen molar-refractivity contribution in [2.75, 3.05) is 26.2 Å². The lowest BCUT2D eigenvalue weighted by atomic mass is 10.2. The van der Waals surface area contributed by atoms with E-state index in [-0.39, 0.29) is 43.4 Å². The zero-order chi connectivity index (χ0) is 19.8.